The monoisotopic (exact) mass is 300 g/mol. The van der Waals surface area contributed by atoms with Gasteiger partial charge in [-0.25, -0.2) is 0 Å². The van der Waals surface area contributed by atoms with Crippen molar-refractivity contribution in [2.24, 2.45) is 5.92 Å². The molecule has 1 aromatic carbocycles. The van der Waals surface area contributed by atoms with Gasteiger partial charge >= 0.3 is 5.97 Å². The van der Waals surface area contributed by atoms with E-state index in [4.69, 9.17) is 4.74 Å². The number of benzene rings is 1. The second-order valence-electron chi connectivity index (χ2n) is 5.17. The summed E-state index contributed by atoms with van der Waals surface area (Å²) in [5, 5.41) is 12.7. The molecule has 22 heavy (non-hydrogen) atoms. The van der Waals surface area contributed by atoms with E-state index in [1.807, 2.05) is 24.3 Å². The van der Waals surface area contributed by atoms with Gasteiger partial charge < -0.3 is 10.1 Å². The number of carbonyl (C=O) groups is 2. The maximum Gasteiger partial charge on any atom is 0.311 e. The number of aromatic amines is 1. The highest BCUT2D eigenvalue weighted by Gasteiger charge is 2.36. The molecule has 114 valence electrons. The lowest BCUT2D eigenvalue weighted by Gasteiger charge is -2.32. The van der Waals surface area contributed by atoms with Gasteiger partial charge in [-0.1, -0.05) is 24.3 Å². The first kappa shape index (κ1) is 14.2. The van der Waals surface area contributed by atoms with E-state index in [9.17, 15) is 9.59 Å². The van der Waals surface area contributed by atoms with Gasteiger partial charge in [-0.2, -0.15) is 15.4 Å². The molecule has 1 aromatic heterocycles. The van der Waals surface area contributed by atoms with E-state index in [1.54, 1.807) is 0 Å². The molecule has 1 heterocycles. The molecule has 0 radical (unpaired) electrons. The van der Waals surface area contributed by atoms with Crippen LogP contribution in [0.3, 0.4) is 0 Å². The number of carbonyl (C=O) groups excluding carboxylic acids is 2. The van der Waals surface area contributed by atoms with Crippen molar-refractivity contribution in [3.63, 3.8) is 0 Å². The summed E-state index contributed by atoms with van der Waals surface area (Å²) >= 11 is 0. The Morgan fingerprint density at radius 1 is 1.36 bits per heavy atom. The van der Waals surface area contributed by atoms with Crippen LogP contribution >= 0.6 is 0 Å². The lowest BCUT2D eigenvalue weighted by molar-refractivity contribution is -0.147. The smallest absolute Gasteiger partial charge is 0.311 e. The number of aryl methyl sites for hydroxylation is 1. The number of rotatable bonds is 3. The molecule has 1 amide bonds. The first-order chi connectivity index (χ1) is 10.7. The van der Waals surface area contributed by atoms with Crippen molar-refractivity contribution in [1.82, 2.24) is 20.7 Å². The molecule has 2 atom stereocenters. The molecule has 0 saturated carbocycles. The molecule has 7 heteroatoms. The first-order valence-electron chi connectivity index (χ1n) is 7.03. The Bertz CT molecular complexity index is 684. The van der Waals surface area contributed by atoms with Gasteiger partial charge in [-0.15, -0.1) is 0 Å². The third-order valence-electron chi connectivity index (χ3n) is 3.96. The molecule has 3 rings (SSSR count). The highest BCUT2D eigenvalue weighted by atomic mass is 16.5. The number of hydrogen-bond donors (Lipinski definition) is 2. The minimum Gasteiger partial charge on any atom is -0.469 e. The maximum absolute atomic E-state index is 12.3. The number of amides is 1. The maximum atomic E-state index is 12.3. The van der Waals surface area contributed by atoms with Crippen molar-refractivity contribution in [3.05, 3.63) is 47.3 Å². The molecular weight excluding hydrogens is 284 g/mol. The molecule has 0 fully saturated rings. The second-order valence-corrected chi connectivity index (χ2v) is 5.17. The van der Waals surface area contributed by atoms with E-state index in [2.05, 4.69) is 20.7 Å². The quantitative estimate of drug-likeness (QED) is 0.825. The third-order valence-corrected chi connectivity index (χ3v) is 3.96. The predicted molar refractivity (Wildman–Crippen MR) is 76.9 cm³/mol. The van der Waals surface area contributed by atoms with Gasteiger partial charge in [-0.3, -0.25) is 9.59 Å². The van der Waals surface area contributed by atoms with Crippen molar-refractivity contribution in [3.8, 4) is 0 Å². The van der Waals surface area contributed by atoms with E-state index >= 15 is 0 Å². The van der Waals surface area contributed by atoms with Crippen molar-refractivity contribution in [2.75, 3.05) is 7.11 Å². The molecular formula is C15H16N4O3. The Morgan fingerprint density at radius 3 is 2.91 bits per heavy atom. The van der Waals surface area contributed by atoms with Gasteiger partial charge in [-0.05, 0) is 24.0 Å². The summed E-state index contributed by atoms with van der Waals surface area (Å²) < 4.78 is 4.88. The van der Waals surface area contributed by atoms with Crippen LogP contribution in [-0.2, 0) is 16.0 Å². The third kappa shape index (κ3) is 2.57. The number of nitrogens with zero attached hydrogens (tertiary/aromatic N) is 2. The predicted octanol–water partition coefficient (Wildman–Crippen LogP) is 1.01. The Hall–Kier alpha value is -2.70. The zero-order valence-corrected chi connectivity index (χ0v) is 12.1. The van der Waals surface area contributed by atoms with E-state index < -0.39 is 12.0 Å². The van der Waals surface area contributed by atoms with Crippen LogP contribution in [0.2, 0.25) is 0 Å². The summed E-state index contributed by atoms with van der Waals surface area (Å²) in [6.07, 6.45) is 2.76. The van der Waals surface area contributed by atoms with Gasteiger partial charge in [0.2, 0.25) is 0 Å². The molecule has 1 aliphatic rings. The van der Waals surface area contributed by atoms with Crippen LogP contribution in [0.4, 0.5) is 0 Å². The summed E-state index contributed by atoms with van der Waals surface area (Å²) in [5.41, 5.74) is 2.26. The van der Waals surface area contributed by atoms with E-state index in [-0.39, 0.29) is 17.6 Å². The van der Waals surface area contributed by atoms with Crippen molar-refractivity contribution in [1.29, 1.82) is 0 Å². The number of ether oxygens (including phenoxy) is 1. The van der Waals surface area contributed by atoms with Crippen LogP contribution < -0.4 is 5.32 Å². The summed E-state index contributed by atoms with van der Waals surface area (Å²) in [7, 11) is 1.36. The summed E-state index contributed by atoms with van der Waals surface area (Å²) in [5.74, 6) is -1.10. The van der Waals surface area contributed by atoms with Gasteiger partial charge in [0.15, 0.2) is 5.69 Å². The van der Waals surface area contributed by atoms with Gasteiger partial charge in [0.25, 0.3) is 5.91 Å². The number of hydrogen-bond acceptors (Lipinski definition) is 5. The minimum atomic E-state index is -0.429. The fourth-order valence-electron chi connectivity index (χ4n) is 2.87. The standard InChI is InChI=1S/C15H16N4O3/c1-22-15(21)11-7-6-9-4-2-3-5-10(9)13(11)17-14(20)12-8-16-19-18-12/h2-5,8,11,13H,6-7H2,1H3,(H,17,20)(H,16,18,19)/t11-,13+/m1/s1. The highest BCUT2D eigenvalue weighted by Crippen LogP contribution is 2.35. The van der Waals surface area contributed by atoms with E-state index in [0.717, 1.165) is 17.5 Å². The lowest BCUT2D eigenvalue weighted by Crippen LogP contribution is -2.40. The van der Waals surface area contributed by atoms with Gasteiger partial charge in [0.1, 0.15) is 0 Å². The molecule has 0 spiro atoms. The zero-order valence-electron chi connectivity index (χ0n) is 12.1. The Kier molecular flexibility index (Phi) is 3.86. The Balaban J connectivity index is 1.92. The van der Waals surface area contributed by atoms with Crippen molar-refractivity contribution in [2.45, 2.75) is 18.9 Å². The van der Waals surface area contributed by atoms with Crippen LogP contribution in [-0.4, -0.2) is 34.4 Å². The number of fused-ring (bicyclic) bond motifs is 1. The normalized spacial score (nSPS) is 20.0. The summed E-state index contributed by atoms with van der Waals surface area (Å²) in [6.45, 7) is 0. The van der Waals surface area contributed by atoms with Crippen molar-refractivity contribution >= 4 is 11.9 Å². The van der Waals surface area contributed by atoms with Crippen molar-refractivity contribution < 1.29 is 14.3 Å². The summed E-state index contributed by atoms with van der Waals surface area (Å²) in [6, 6.07) is 7.36. The van der Waals surface area contributed by atoms with Gasteiger partial charge in [0, 0.05) is 0 Å². The average Bonchev–Trinajstić information content (AvgIpc) is 3.09. The lowest BCUT2D eigenvalue weighted by atomic mass is 9.79. The molecule has 0 bridgehead atoms. The van der Waals surface area contributed by atoms with E-state index in [1.165, 1.54) is 13.3 Å². The van der Waals surface area contributed by atoms with Crippen LogP contribution in [0.1, 0.15) is 34.1 Å². The number of H-pyrrole nitrogens is 1. The number of aromatic nitrogens is 3. The molecule has 1 aliphatic carbocycles. The minimum absolute atomic E-state index is 0.187. The Morgan fingerprint density at radius 2 is 2.18 bits per heavy atom. The average molecular weight is 300 g/mol. The number of esters is 1. The van der Waals surface area contributed by atoms with Crippen LogP contribution in [0, 0.1) is 5.92 Å². The zero-order chi connectivity index (χ0) is 15.5. The molecule has 0 aliphatic heterocycles. The SMILES string of the molecule is COC(=O)[C@@H]1CCc2ccccc2[C@@H]1NC(=O)c1cn[nH]n1. The molecule has 0 saturated heterocycles. The molecule has 2 N–H and O–H groups in total. The Labute approximate surface area is 127 Å². The van der Waals surface area contributed by atoms with Crippen LogP contribution in [0.15, 0.2) is 30.5 Å². The molecule has 0 unspecified atom stereocenters. The first-order valence-corrected chi connectivity index (χ1v) is 7.03. The second kappa shape index (κ2) is 5.97. The molecule has 2 aromatic rings. The largest absolute Gasteiger partial charge is 0.469 e. The fourth-order valence-corrected chi connectivity index (χ4v) is 2.87. The molecule has 7 nitrogen and oxygen atoms in total. The topological polar surface area (TPSA) is 97.0 Å². The van der Waals surface area contributed by atoms with Crippen LogP contribution in [0.5, 0.6) is 0 Å². The number of nitrogens with one attached hydrogen (secondary N) is 2. The van der Waals surface area contributed by atoms with Crippen LogP contribution in [0.25, 0.3) is 0 Å². The highest BCUT2D eigenvalue weighted by molar-refractivity contribution is 5.92. The van der Waals surface area contributed by atoms with E-state index in [0.29, 0.717) is 6.42 Å². The number of methoxy groups -OCH3 is 1. The summed E-state index contributed by atoms with van der Waals surface area (Å²) in [4.78, 5) is 24.3. The van der Waals surface area contributed by atoms with Gasteiger partial charge in [0.05, 0.1) is 25.3 Å². The fraction of sp³-hybridized carbons (Fsp3) is 0.333.